The molecule has 0 saturated carbocycles. The number of aryl methyl sites for hydroxylation is 3. The molecular formula is C64H64N4S. The average Bonchev–Trinajstić information content (AvgIpc) is 4.05. The summed E-state index contributed by atoms with van der Waals surface area (Å²) in [6.07, 6.45) is 13.6. The van der Waals surface area contributed by atoms with Gasteiger partial charge in [-0.15, -0.1) is 11.3 Å². The Morgan fingerprint density at radius 2 is 1.07 bits per heavy atom. The monoisotopic (exact) mass is 920 g/mol. The first-order chi connectivity index (χ1) is 33.9. The molecule has 0 fully saturated rings. The topological polar surface area (TPSA) is 33.9 Å². The van der Waals surface area contributed by atoms with Gasteiger partial charge in [0.2, 0.25) is 0 Å². The maximum atomic E-state index is 3.48. The van der Waals surface area contributed by atoms with Crippen molar-refractivity contribution in [1.82, 2.24) is 19.8 Å². The Hall–Kier alpha value is -7.44. The number of allylic oxidation sites excluding steroid dienone is 4. The summed E-state index contributed by atoms with van der Waals surface area (Å²) < 4.78 is 7.41. The van der Waals surface area contributed by atoms with Crippen molar-refractivity contribution in [3.63, 3.8) is 0 Å². The van der Waals surface area contributed by atoms with Gasteiger partial charge < -0.3 is 14.5 Å². The van der Waals surface area contributed by atoms with Crippen LogP contribution < -0.4 is 10.6 Å². The number of hydrogen-bond donors (Lipinski definition) is 2. The summed E-state index contributed by atoms with van der Waals surface area (Å²) in [5, 5.41) is 14.6. The number of rotatable bonds is 4. The smallest absolute Gasteiger partial charge is 0.0655 e. The second-order valence-corrected chi connectivity index (χ2v) is 18.3. The van der Waals surface area contributed by atoms with E-state index >= 15 is 0 Å². The van der Waals surface area contributed by atoms with Crippen LogP contribution in [-0.4, -0.2) is 15.8 Å². The molecule has 11 aromatic rings. The number of para-hydroxylation sites is 3. The van der Waals surface area contributed by atoms with Gasteiger partial charge in [-0.1, -0.05) is 159 Å². The maximum Gasteiger partial charge on any atom is 0.0655 e. The number of aromatic nitrogens is 2. The van der Waals surface area contributed by atoms with E-state index in [4.69, 9.17) is 0 Å². The van der Waals surface area contributed by atoms with E-state index in [1.807, 2.05) is 50.5 Å². The molecular weight excluding hydrogens is 857 g/mol. The predicted molar refractivity (Wildman–Crippen MR) is 304 cm³/mol. The van der Waals surface area contributed by atoms with E-state index < -0.39 is 0 Å². The van der Waals surface area contributed by atoms with Crippen LogP contribution in [0.1, 0.15) is 56.8 Å². The molecule has 12 rings (SSSR count). The minimum absolute atomic E-state index is 0.304. The molecule has 1 aliphatic heterocycles. The fraction of sp³-hybridized carbons (Fsp3) is 0.156. The maximum absolute atomic E-state index is 3.48. The van der Waals surface area contributed by atoms with E-state index in [9.17, 15) is 0 Å². The predicted octanol–water partition coefficient (Wildman–Crippen LogP) is 17.7. The molecule has 3 aromatic heterocycles. The van der Waals surface area contributed by atoms with Gasteiger partial charge in [0.1, 0.15) is 0 Å². The van der Waals surface area contributed by atoms with Crippen LogP contribution in [0.2, 0.25) is 0 Å². The largest absolute Gasteiger partial charge is 0.379 e. The summed E-state index contributed by atoms with van der Waals surface area (Å²) in [4.78, 5) is 0. The molecule has 69 heavy (non-hydrogen) atoms. The second kappa shape index (κ2) is 23.0. The zero-order chi connectivity index (χ0) is 48.1. The van der Waals surface area contributed by atoms with E-state index in [0.29, 0.717) is 6.04 Å². The van der Waals surface area contributed by atoms with Gasteiger partial charge in [-0.25, -0.2) is 0 Å². The average molecular weight is 921 g/mol. The van der Waals surface area contributed by atoms with Crippen molar-refractivity contribution in [2.45, 2.75) is 54.0 Å². The lowest BCUT2D eigenvalue weighted by atomic mass is 10.0. The number of hydrogen-bond acceptors (Lipinski definition) is 3. The van der Waals surface area contributed by atoms with Gasteiger partial charge >= 0.3 is 0 Å². The Labute approximate surface area is 412 Å². The van der Waals surface area contributed by atoms with Crippen molar-refractivity contribution < 1.29 is 0 Å². The number of nitrogens with one attached hydrogen (secondary N) is 2. The summed E-state index contributed by atoms with van der Waals surface area (Å²) in [7, 11) is 2.15. The molecule has 0 aliphatic carbocycles. The summed E-state index contributed by atoms with van der Waals surface area (Å²) in [6, 6.07) is 65.6. The molecule has 8 aromatic carbocycles. The lowest BCUT2D eigenvalue weighted by molar-refractivity contribution is 0.567. The zero-order valence-electron chi connectivity index (χ0n) is 41.1. The van der Waals surface area contributed by atoms with Crippen molar-refractivity contribution in [3.8, 4) is 16.8 Å². The summed E-state index contributed by atoms with van der Waals surface area (Å²) in [6.45, 7) is 13.2. The first-order valence-electron chi connectivity index (χ1n) is 24.2. The Kier molecular flexibility index (Phi) is 16.0. The lowest BCUT2D eigenvalue weighted by Crippen LogP contribution is -2.32. The van der Waals surface area contributed by atoms with Crippen LogP contribution in [0.4, 0.5) is 0 Å². The van der Waals surface area contributed by atoms with Crippen molar-refractivity contribution in [2.24, 2.45) is 7.05 Å². The van der Waals surface area contributed by atoms with Crippen molar-refractivity contribution in [2.75, 3.05) is 6.67 Å². The fourth-order valence-electron chi connectivity index (χ4n) is 8.94. The third-order valence-corrected chi connectivity index (χ3v) is 14.0. The summed E-state index contributed by atoms with van der Waals surface area (Å²) in [5.41, 5.74) is 12.8. The highest BCUT2D eigenvalue weighted by molar-refractivity contribution is 7.26. The van der Waals surface area contributed by atoms with Crippen LogP contribution in [-0.2, 0) is 7.05 Å². The molecule has 346 valence electrons. The Morgan fingerprint density at radius 1 is 0.536 bits per heavy atom. The molecule has 5 heteroatoms. The summed E-state index contributed by atoms with van der Waals surface area (Å²) >= 11 is 1.89. The molecule has 4 nitrogen and oxygen atoms in total. The van der Waals surface area contributed by atoms with Gasteiger partial charge in [-0.05, 0) is 136 Å². The van der Waals surface area contributed by atoms with Crippen molar-refractivity contribution in [3.05, 3.63) is 235 Å². The number of fused-ring (bicyclic) bond motifs is 9. The second-order valence-electron chi connectivity index (χ2n) is 17.2. The molecule has 2 N–H and O–H groups in total. The molecule has 0 radical (unpaired) electrons. The standard InChI is InChI=1S/C31H22N2.C16H14N2S.C8H10.C5H10.C4H8/c1-32-28-13-7-5-11-24(28)26-19-21(15-17-29(26)32)22-16-18-31-27(20-22)25-12-6-8-14-30(25)33(31)23-9-3-2-4-10-23;1-2-7-15-11(4-1)12-5-3-6-13(16(12)19-15)14-8-9-17-10-18-14;1-7-5-3-4-6-8(7)2;1-3-5-4-2;1-3-4-2/h2-20H,1H3;1-9,14,17-18H,10H2;3-6H,1-2H3;3,5H,4H2,1-2H3;3-4H,1-2H3/b;;;5-3-;4-3-. The van der Waals surface area contributed by atoms with Crippen LogP contribution >= 0.6 is 11.3 Å². The molecule has 0 saturated heterocycles. The highest BCUT2D eigenvalue weighted by Crippen LogP contribution is 2.39. The lowest BCUT2D eigenvalue weighted by Gasteiger charge is -2.20. The third kappa shape index (κ3) is 10.7. The first-order valence-corrected chi connectivity index (χ1v) is 25.0. The van der Waals surface area contributed by atoms with Gasteiger partial charge in [-0.2, -0.15) is 0 Å². The Bertz CT molecular complexity index is 3520. The first kappa shape index (κ1) is 48.0. The molecule has 1 aliphatic rings. The van der Waals surface area contributed by atoms with Gasteiger partial charge in [0.15, 0.2) is 0 Å². The van der Waals surface area contributed by atoms with Gasteiger partial charge in [0.25, 0.3) is 0 Å². The number of nitrogens with zero attached hydrogens (tertiary/aromatic N) is 2. The third-order valence-electron chi connectivity index (χ3n) is 12.8. The van der Waals surface area contributed by atoms with E-state index in [1.54, 1.807) is 0 Å². The Morgan fingerprint density at radius 3 is 1.68 bits per heavy atom. The van der Waals surface area contributed by atoms with Crippen LogP contribution in [0.25, 0.3) is 80.6 Å². The highest BCUT2D eigenvalue weighted by Gasteiger charge is 2.17. The molecule has 0 spiro atoms. The molecule has 4 heterocycles. The van der Waals surface area contributed by atoms with Gasteiger partial charge in [0.05, 0.1) is 23.7 Å². The van der Waals surface area contributed by atoms with Crippen molar-refractivity contribution >= 4 is 75.1 Å². The SMILES string of the molecule is C/C=C\C.C/C=C\CC.C1=CC(c2cccc3c2sc2ccccc23)NCN1.Cc1ccccc1C.Cn1c2ccccc2c2cc(-c3ccc4c(c3)c3ccccc3n4-c3ccccc3)ccc21. The minimum Gasteiger partial charge on any atom is -0.379 e. The minimum atomic E-state index is 0.304. The van der Waals surface area contributed by atoms with Crippen molar-refractivity contribution in [1.29, 1.82) is 0 Å². The molecule has 0 amide bonds. The van der Waals surface area contributed by atoms with E-state index in [0.717, 1.165) is 13.1 Å². The highest BCUT2D eigenvalue weighted by atomic mass is 32.1. The number of thiophene rings is 1. The molecule has 1 atom stereocenters. The molecule has 0 bridgehead atoms. The number of benzene rings is 8. The Balaban J connectivity index is 0.000000149. The quantitative estimate of drug-likeness (QED) is 0.173. The van der Waals surface area contributed by atoms with E-state index in [2.05, 4.69) is 248 Å². The zero-order valence-corrected chi connectivity index (χ0v) is 41.9. The van der Waals surface area contributed by atoms with Gasteiger partial charge in [0, 0.05) is 65.5 Å². The van der Waals surface area contributed by atoms with Crippen LogP contribution in [0.15, 0.2) is 219 Å². The fourth-order valence-corrected chi connectivity index (χ4v) is 10.2. The van der Waals surface area contributed by atoms with Crippen LogP contribution in [0.5, 0.6) is 0 Å². The van der Waals surface area contributed by atoms with Crippen LogP contribution in [0, 0.1) is 13.8 Å². The van der Waals surface area contributed by atoms with Crippen LogP contribution in [0.3, 0.4) is 0 Å². The van der Waals surface area contributed by atoms with E-state index in [1.165, 1.54) is 97.3 Å². The normalized spacial score (nSPS) is 13.2. The molecule has 1 unspecified atom stereocenters. The summed E-state index contributed by atoms with van der Waals surface area (Å²) in [5.74, 6) is 0. The van der Waals surface area contributed by atoms with Gasteiger partial charge in [-0.3, -0.25) is 5.32 Å². The van der Waals surface area contributed by atoms with E-state index in [-0.39, 0.29) is 0 Å².